The highest BCUT2D eigenvalue weighted by atomic mass is 32.1. The average Bonchev–Trinajstić information content (AvgIpc) is 2.99. The molecule has 0 fully saturated rings. The zero-order valence-corrected chi connectivity index (χ0v) is 14.6. The molecule has 0 spiro atoms. The molecule has 2 N–H and O–H groups in total. The van der Waals surface area contributed by atoms with Crippen molar-refractivity contribution in [2.24, 2.45) is 0 Å². The molecule has 0 saturated carbocycles. The lowest BCUT2D eigenvalue weighted by molar-refractivity contribution is 0.0530. The zero-order valence-electron chi connectivity index (χ0n) is 13.8. The number of carbonyl (C=O) groups excluding carboxylic acids is 1. The number of rotatable bonds is 5. The van der Waals surface area contributed by atoms with Crippen molar-refractivity contribution in [3.63, 3.8) is 0 Å². The molecule has 1 atom stereocenters. The van der Waals surface area contributed by atoms with E-state index < -0.39 is 5.60 Å². The SMILES string of the molecule is CC(C)(C)Oc1ccc(C(=O)NCC(C)(O)c2ccsc2)cn1. The van der Waals surface area contributed by atoms with Crippen molar-refractivity contribution in [2.75, 3.05) is 6.54 Å². The molecule has 0 aliphatic rings. The molecule has 0 aromatic carbocycles. The van der Waals surface area contributed by atoms with Crippen molar-refractivity contribution < 1.29 is 14.6 Å². The van der Waals surface area contributed by atoms with Gasteiger partial charge in [0.25, 0.3) is 5.91 Å². The van der Waals surface area contributed by atoms with Gasteiger partial charge in [0.1, 0.15) is 11.2 Å². The minimum absolute atomic E-state index is 0.128. The van der Waals surface area contributed by atoms with E-state index in [1.165, 1.54) is 17.5 Å². The van der Waals surface area contributed by atoms with Crippen LogP contribution in [0.3, 0.4) is 0 Å². The van der Waals surface area contributed by atoms with Gasteiger partial charge in [0.2, 0.25) is 5.88 Å². The lowest BCUT2D eigenvalue weighted by atomic mass is 9.99. The van der Waals surface area contributed by atoms with Crippen LogP contribution in [0.5, 0.6) is 5.88 Å². The molecule has 2 aromatic heterocycles. The molecule has 0 aliphatic carbocycles. The summed E-state index contributed by atoms with van der Waals surface area (Å²) in [6.07, 6.45) is 1.47. The molecule has 6 heteroatoms. The summed E-state index contributed by atoms with van der Waals surface area (Å²) < 4.78 is 5.62. The second-order valence-electron chi connectivity index (χ2n) is 6.57. The Morgan fingerprint density at radius 2 is 2.04 bits per heavy atom. The fourth-order valence-electron chi connectivity index (χ4n) is 1.92. The van der Waals surface area contributed by atoms with Crippen LogP contribution in [-0.2, 0) is 5.60 Å². The molecule has 1 amide bonds. The number of amides is 1. The quantitative estimate of drug-likeness (QED) is 0.882. The number of hydrogen-bond acceptors (Lipinski definition) is 5. The molecular weight excluding hydrogens is 312 g/mol. The van der Waals surface area contributed by atoms with Gasteiger partial charge in [0.05, 0.1) is 12.1 Å². The van der Waals surface area contributed by atoms with Crippen LogP contribution in [0, 0.1) is 0 Å². The highest BCUT2D eigenvalue weighted by Crippen LogP contribution is 2.22. The number of aliphatic hydroxyl groups is 1. The summed E-state index contributed by atoms with van der Waals surface area (Å²) in [5.74, 6) is 0.189. The summed E-state index contributed by atoms with van der Waals surface area (Å²) in [4.78, 5) is 16.3. The van der Waals surface area contributed by atoms with Gasteiger partial charge in [-0.25, -0.2) is 4.98 Å². The van der Waals surface area contributed by atoms with E-state index in [4.69, 9.17) is 4.74 Å². The van der Waals surface area contributed by atoms with Crippen molar-refractivity contribution in [1.29, 1.82) is 0 Å². The van der Waals surface area contributed by atoms with Crippen molar-refractivity contribution >= 4 is 17.2 Å². The zero-order chi connectivity index (χ0) is 17.1. The van der Waals surface area contributed by atoms with Gasteiger partial charge in [-0.2, -0.15) is 11.3 Å². The highest BCUT2D eigenvalue weighted by Gasteiger charge is 2.24. The molecule has 1 unspecified atom stereocenters. The molecule has 23 heavy (non-hydrogen) atoms. The van der Waals surface area contributed by atoms with E-state index >= 15 is 0 Å². The van der Waals surface area contributed by atoms with E-state index in [0.717, 1.165) is 5.56 Å². The van der Waals surface area contributed by atoms with Crippen molar-refractivity contribution in [3.05, 3.63) is 46.3 Å². The van der Waals surface area contributed by atoms with Gasteiger partial charge in [-0.1, -0.05) is 0 Å². The molecule has 0 aliphatic heterocycles. The van der Waals surface area contributed by atoms with E-state index in [-0.39, 0.29) is 18.1 Å². The third kappa shape index (κ3) is 5.04. The Labute approximate surface area is 140 Å². The molecule has 0 saturated heterocycles. The normalized spacial score (nSPS) is 14.1. The molecule has 5 nitrogen and oxygen atoms in total. The Kier molecular flexibility index (Phi) is 5.06. The number of pyridine rings is 1. The molecule has 0 bridgehead atoms. The van der Waals surface area contributed by atoms with Gasteiger partial charge in [-0.05, 0) is 56.2 Å². The average molecular weight is 334 g/mol. The summed E-state index contributed by atoms with van der Waals surface area (Å²) in [7, 11) is 0. The smallest absolute Gasteiger partial charge is 0.252 e. The van der Waals surface area contributed by atoms with Crippen LogP contribution >= 0.6 is 11.3 Å². The first kappa shape index (κ1) is 17.4. The minimum atomic E-state index is -1.10. The van der Waals surface area contributed by atoms with Gasteiger partial charge in [-0.3, -0.25) is 4.79 Å². The number of ether oxygens (including phenoxy) is 1. The van der Waals surface area contributed by atoms with E-state index in [1.807, 2.05) is 37.6 Å². The fourth-order valence-corrected chi connectivity index (χ4v) is 2.70. The Balaban J connectivity index is 1.96. The number of hydrogen-bond donors (Lipinski definition) is 2. The first-order valence-electron chi connectivity index (χ1n) is 7.36. The van der Waals surface area contributed by atoms with E-state index in [9.17, 15) is 9.90 Å². The monoisotopic (exact) mass is 334 g/mol. The third-order valence-corrected chi connectivity index (χ3v) is 3.83. The summed E-state index contributed by atoms with van der Waals surface area (Å²) in [6.45, 7) is 7.60. The van der Waals surface area contributed by atoms with E-state index in [1.54, 1.807) is 19.1 Å². The topological polar surface area (TPSA) is 71.5 Å². The van der Waals surface area contributed by atoms with E-state index in [2.05, 4.69) is 10.3 Å². The lowest BCUT2D eigenvalue weighted by Crippen LogP contribution is -2.38. The van der Waals surface area contributed by atoms with Gasteiger partial charge in [-0.15, -0.1) is 0 Å². The van der Waals surface area contributed by atoms with Crippen molar-refractivity contribution in [3.8, 4) is 5.88 Å². The molecule has 2 aromatic rings. The number of nitrogens with one attached hydrogen (secondary N) is 1. The van der Waals surface area contributed by atoms with Crippen LogP contribution in [0.4, 0.5) is 0 Å². The minimum Gasteiger partial charge on any atom is -0.472 e. The van der Waals surface area contributed by atoms with Crippen LogP contribution in [0.1, 0.15) is 43.6 Å². The summed E-state index contributed by atoms with van der Waals surface area (Å²) >= 11 is 1.51. The summed E-state index contributed by atoms with van der Waals surface area (Å²) in [5, 5.41) is 16.9. The summed E-state index contributed by atoms with van der Waals surface area (Å²) in [5.41, 5.74) is -0.226. The number of carbonyl (C=O) groups is 1. The third-order valence-electron chi connectivity index (χ3n) is 3.15. The molecule has 124 valence electrons. The van der Waals surface area contributed by atoms with E-state index in [0.29, 0.717) is 11.4 Å². The largest absolute Gasteiger partial charge is 0.472 e. The van der Waals surface area contributed by atoms with Crippen molar-refractivity contribution in [1.82, 2.24) is 10.3 Å². The predicted octanol–water partition coefficient (Wildman–Crippen LogP) is 2.96. The standard InChI is InChI=1S/C17H22N2O3S/c1-16(2,3)22-14-6-5-12(9-18-14)15(20)19-11-17(4,21)13-7-8-23-10-13/h5-10,21H,11H2,1-4H3,(H,19,20). The van der Waals surface area contributed by atoms with Gasteiger partial charge in [0, 0.05) is 12.3 Å². The molecular formula is C17H22N2O3S. The van der Waals surface area contributed by atoms with Gasteiger partial charge in [0.15, 0.2) is 0 Å². The Morgan fingerprint density at radius 3 is 2.57 bits per heavy atom. The maximum atomic E-state index is 12.2. The van der Waals surface area contributed by atoms with Crippen LogP contribution in [0.25, 0.3) is 0 Å². The highest BCUT2D eigenvalue weighted by molar-refractivity contribution is 7.08. The molecule has 2 rings (SSSR count). The number of aromatic nitrogens is 1. The Morgan fingerprint density at radius 1 is 1.30 bits per heavy atom. The first-order chi connectivity index (χ1) is 10.7. The Hall–Kier alpha value is -1.92. The first-order valence-corrected chi connectivity index (χ1v) is 8.30. The second-order valence-corrected chi connectivity index (χ2v) is 7.35. The number of thiophene rings is 1. The predicted molar refractivity (Wildman–Crippen MR) is 90.8 cm³/mol. The maximum Gasteiger partial charge on any atom is 0.252 e. The lowest BCUT2D eigenvalue weighted by Gasteiger charge is -2.23. The summed E-state index contributed by atoms with van der Waals surface area (Å²) in [6, 6.07) is 5.16. The number of nitrogens with zero attached hydrogens (tertiary/aromatic N) is 1. The van der Waals surface area contributed by atoms with Crippen LogP contribution < -0.4 is 10.1 Å². The Bertz CT molecular complexity index is 643. The molecule has 2 heterocycles. The van der Waals surface area contributed by atoms with Crippen LogP contribution in [-0.4, -0.2) is 28.1 Å². The van der Waals surface area contributed by atoms with Crippen LogP contribution in [0.15, 0.2) is 35.2 Å². The second kappa shape index (κ2) is 6.68. The van der Waals surface area contributed by atoms with Gasteiger partial charge < -0.3 is 15.2 Å². The van der Waals surface area contributed by atoms with Crippen molar-refractivity contribution in [2.45, 2.75) is 38.9 Å². The maximum absolute atomic E-state index is 12.2. The van der Waals surface area contributed by atoms with Gasteiger partial charge >= 0.3 is 0 Å². The fraction of sp³-hybridized carbons (Fsp3) is 0.412. The van der Waals surface area contributed by atoms with Crippen LogP contribution in [0.2, 0.25) is 0 Å². The molecule has 0 radical (unpaired) electrons.